The van der Waals surface area contributed by atoms with E-state index in [0.717, 1.165) is 5.69 Å². The Labute approximate surface area is 111 Å². The second kappa shape index (κ2) is 5.75. The molecule has 1 aromatic carbocycles. The quantitative estimate of drug-likeness (QED) is 0.898. The molecule has 0 aliphatic carbocycles. The highest BCUT2D eigenvalue weighted by Crippen LogP contribution is 2.26. The van der Waals surface area contributed by atoms with Crippen molar-refractivity contribution in [2.75, 3.05) is 11.4 Å². The molecule has 0 aromatic heterocycles. The summed E-state index contributed by atoms with van der Waals surface area (Å²) < 4.78 is 0. The predicted octanol–water partition coefficient (Wildman–Crippen LogP) is 2.51. The first kappa shape index (κ1) is 13.6. The van der Waals surface area contributed by atoms with Gasteiger partial charge in [0.15, 0.2) is 0 Å². The Balaban J connectivity index is 0.00000144. The van der Waals surface area contributed by atoms with Crippen LogP contribution in [0.2, 0.25) is 5.02 Å². The lowest BCUT2D eigenvalue weighted by Crippen LogP contribution is -2.23. The van der Waals surface area contributed by atoms with Crippen molar-refractivity contribution in [2.24, 2.45) is 5.73 Å². The van der Waals surface area contributed by atoms with Gasteiger partial charge in [-0.15, -0.1) is 12.4 Å². The standard InChI is InChI=1S/C12H11ClN2O.ClH/c13-10-3-1-2-4-11(10)15-7-5-9(6-8-15)12(14)16;/h1-7H,8H2,(H2,14,16);1H. The Bertz CT molecular complexity index is 483. The van der Waals surface area contributed by atoms with Crippen molar-refractivity contribution in [3.05, 3.63) is 53.2 Å². The van der Waals surface area contributed by atoms with Crippen molar-refractivity contribution in [3.8, 4) is 0 Å². The Morgan fingerprint density at radius 3 is 2.59 bits per heavy atom. The number of nitrogens with zero attached hydrogens (tertiary/aromatic N) is 1. The third kappa shape index (κ3) is 3.02. The lowest BCUT2D eigenvalue weighted by molar-refractivity contribution is -0.114. The maximum atomic E-state index is 10.9. The van der Waals surface area contributed by atoms with E-state index in [-0.39, 0.29) is 12.4 Å². The topological polar surface area (TPSA) is 46.3 Å². The van der Waals surface area contributed by atoms with Crippen molar-refractivity contribution < 1.29 is 4.79 Å². The summed E-state index contributed by atoms with van der Waals surface area (Å²) in [6, 6.07) is 7.56. The average Bonchev–Trinajstić information content (AvgIpc) is 2.30. The molecule has 0 fully saturated rings. The molecule has 1 amide bonds. The first-order valence-electron chi connectivity index (χ1n) is 4.88. The van der Waals surface area contributed by atoms with Crippen LogP contribution in [0.3, 0.4) is 0 Å². The molecule has 1 aliphatic heterocycles. The van der Waals surface area contributed by atoms with Gasteiger partial charge in [0.05, 0.1) is 10.7 Å². The SMILES string of the molecule is Cl.NC(=O)C1=CCN(c2ccccc2Cl)C=C1. The van der Waals surface area contributed by atoms with Gasteiger partial charge in [-0.25, -0.2) is 0 Å². The predicted molar refractivity (Wildman–Crippen MR) is 72.5 cm³/mol. The zero-order chi connectivity index (χ0) is 11.5. The lowest BCUT2D eigenvalue weighted by atomic mass is 10.1. The number of nitrogens with two attached hydrogens (primary N) is 1. The number of para-hydroxylation sites is 1. The normalized spacial score (nSPS) is 13.9. The molecule has 0 bridgehead atoms. The zero-order valence-electron chi connectivity index (χ0n) is 8.97. The monoisotopic (exact) mass is 270 g/mol. The van der Waals surface area contributed by atoms with Gasteiger partial charge in [-0.05, 0) is 18.2 Å². The Morgan fingerprint density at radius 1 is 1.35 bits per heavy atom. The molecule has 0 saturated heterocycles. The van der Waals surface area contributed by atoms with Crippen LogP contribution < -0.4 is 10.6 Å². The molecule has 0 radical (unpaired) electrons. The van der Waals surface area contributed by atoms with E-state index in [2.05, 4.69) is 0 Å². The van der Waals surface area contributed by atoms with Crippen LogP contribution in [0.4, 0.5) is 5.69 Å². The van der Waals surface area contributed by atoms with Crippen molar-refractivity contribution in [2.45, 2.75) is 0 Å². The van der Waals surface area contributed by atoms with E-state index >= 15 is 0 Å². The number of anilines is 1. The minimum absolute atomic E-state index is 0. The van der Waals surface area contributed by atoms with Crippen LogP contribution in [0.25, 0.3) is 0 Å². The molecule has 2 N–H and O–H groups in total. The number of hydrogen-bond donors (Lipinski definition) is 1. The molecule has 0 saturated carbocycles. The van der Waals surface area contributed by atoms with Crippen molar-refractivity contribution in [3.63, 3.8) is 0 Å². The fourth-order valence-corrected chi connectivity index (χ4v) is 1.79. The van der Waals surface area contributed by atoms with E-state index in [1.807, 2.05) is 29.2 Å². The van der Waals surface area contributed by atoms with Gasteiger partial charge in [0.1, 0.15) is 0 Å². The van der Waals surface area contributed by atoms with Gasteiger partial charge < -0.3 is 10.6 Å². The fourth-order valence-electron chi connectivity index (χ4n) is 1.54. The van der Waals surface area contributed by atoms with E-state index in [4.69, 9.17) is 17.3 Å². The van der Waals surface area contributed by atoms with Crippen LogP contribution in [0.15, 0.2) is 48.2 Å². The summed E-state index contributed by atoms with van der Waals surface area (Å²) in [4.78, 5) is 12.9. The molecule has 1 aromatic rings. The van der Waals surface area contributed by atoms with E-state index in [1.54, 1.807) is 18.4 Å². The lowest BCUT2D eigenvalue weighted by Gasteiger charge is -2.23. The molecule has 0 unspecified atom stereocenters. The summed E-state index contributed by atoms with van der Waals surface area (Å²) in [6.07, 6.45) is 5.28. The summed E-state index contributed by atoms with van der Waals surface area (Å²) in [6.45, 7) is 0.596. The van der Waals surface area contributed by atoms with Crippen molar-refractivity contribution in [1.29, 1.82) is 0 Å². The minimum atomic E-state index is -0.407. The molecule has 1 aliphatic rings. The van der Waals surface area contributed by atoms with Crippen LogP contribution in [0.1, 0.15) is 0 Å². The third-order valence-corrected chi connectivity index (χ3v) is 2.71. The maximum Gasteiger partial charge on any atom is 0.248 e. The van der Waals surface area contributed by atoms with Crippen LogP contribution in [-0.2, 0) is 4.79 Å². The van der Waals surface area contributed by atoms with Crippen LogP contribution in [0, 0.1) is 0 Å². The maximum absolute atomic E-state index is 10.9. The molecule has 5 heteroatoms. The summed E-state index contributed by atoms with van der Waals surface area (Å²) >= 11 is 6.07. The average molecular weight is 271 g/mol. The molecular weight excluding hydrogens is 259 g/mol. The summed E-state index contributed by atoms with van der Waals surface area (Å²) in [7, 11) is 0. The van der Waals surface area contributed by atoms with Gasteiger partial charge in [0.2, 0.25) is 5.91 Å². The highest BCUT2D eigenvalue weighted by atomic mass is 35.5. The Kier molecular flexibility index (Phi) is 4.61. The molecule has 17 heavy (non-hydrogen) atoms. The number of halogens is 2. The third-order valence-electron chi connectivity index (χ3n) is 2.39. The van der Waals surface area contributed by atoms with Gasteiger partial charge in [-0.1, -0.05) is 29.8 Å². The van der Waals surface area contributed by atoms with Gasteiger partial charge in [-0.3, -0.25) is 4.79 Å². The molecular formula is C12H12Cl2N2O. The number of carbonyl (C=O) groups is 1. The number of primary amides is 1. The molecule has 3 nitrogen and oxygen atoms in total. The molecule has 2 rings (SSSR count). The van der Waals surface area contributed by atoms with Gasteiger partial charge in [0.25, 0.3) is 0 Å². The number of hydrogen-bond acceptors (Lipinski definition) is 2. The first-order chi connectivity index (χ1) is 7.68. The summed E-state index contributed by atoms with van der Waals surface area (Å²) in [5, 5.41) is 0.683. The van der Waals surface area contributed by atoms with Crippen molar-refractivity contribution in [1.82, 2.24) is 0 Å². The number of benzene rings is 1. The highest BCUT2D eigenvalue weighted by Gasteiger charge is 2.11. The van der Waals surface area contributed by atoms with Crippen LogP contribution in [-0.4, -0.2) is 12.5 Å². The molecule has 1 heterocycles. The Morgan fingerprint density at radius 2 is 2.06 bits per heavy atom. The van der Waals surface area contributed by atoms with E-state index in [9.17, 15) is 4.79 Å². The fraction of sp³-hybridized carbons (Fsp3) is 0.0833. The van der Waals surface area contributed by atoms with Gasteiger partial charge >= 0.3 is 0 Å². The van der Waals surface area contributed by atoms with E-state index < -0.39 is 5.91 Å². The molecule has 0 spiro atoms. The summed E-state index contributed by atoms with van der Waals surface area (Å²) in [5.41, 5.74) is 6.63. The van der Waals surface area contributed by atoms with Gasteiger partial charge in [-0.2, -0.15) is 0 Å². The van der Waals surface area contributed by atoms with Crippen LogP contribution >= 0.6 is 24.0 Å². The van der Waals surface area contributed by atoms with E-state index in [0.29, 0.717) is 17.1 Å². The van der Waals surface area contributed by atoms with Gasteiger partial charge in [0, 0.05) is 18.3 Å². The van der Waals surface area contributed by atoms with E-state index in [1.165, 1.54) is 0 Å². The smallest absolute Gasteiger partial charge is 0.248 e. The largest absolute Gasteiger partial charge is 0.366 e. The second-order valence-corrected chi connectivity index (χ2v) is 3.85. The zero-order valence-corrected chi connectivity index (χ0v) is 10.5. The first-order valence-corrected chi connectivity index (χ1v) is 5.25. The highest BCUT2D eigenvalue weighted by molar-refractivity contribution is 6.33. The number of amides is 1. The van der Waals surface area contributed by atoms with Crippen LogP contribution in [0.5, 0.6) is 0 Å². The Hall–Kier alpha value is -1.45. The number of rotatable bonds is 2. The molecule has 90 valence electrons. The minimum Gasteiger partial charge on any atom is -0.366 e. The number of carbonyl (C=O) groups excluding carboxylic acids is 1. The van der Waals surface area contributed by atoms with Crippen molar-refractivity contribution >= 4 is 35.6 Å². The molecule has 0 atom stereocenters. The summed E-state index contributed by atoms with van der Waals surface area (Å²) in [5.74, 6) is -0.407. The second-order valence-electron chi connectivity index (χ2n) is 3.44.